The lowest BCUT2D eigenvalue weighted by atomic mass is 10.0. The minimum absolute atomic E-state index is 0.0919. The number of amides is 2. The van der Waals surface area contributed by atoms with Crippen molar-refractivity contribution in [2.24, 2.45) is 5.92 Å². The van der Waals surface area contributed by atoms with Gasteiger partial charge in [-0.25, -0.2) is 0 Å². The molecule has 5 nitrogen and oxygen atoms in total. The summed E-state index contributed by atoms with van der Waals surface area (Å²) in [6, 6.07) is 22.8. The third-order valence-corrected chi connectivity index (χ3v) is 7.53. The second-order valence-corrected chi connectivity index (χ2v) is 9.47. The molecule has 0 fully saturated rings. The molecule has 4 rings (SSSR count). The smallest absolute Gasteiger partial charge is 0.241 e. The first-order chi connectivity index (χ1) is 16.0. The largest absolute Gasteiger partial charge is 0.497 e. The fraction of sp³-hybridized carbons (Fsp3) is 0.231. The average molecular weight is 481 g/mol. The molecule has 0 radical (unpaired) electrons. The number of anilines is 1. The van der Waals surface area contributed by atoms with Crippen LogP contribution in [-0.2, 0) is 22.7 Å². The van der Waals surface area contributed by atoms with Gasteiger partial charge in [0.25, 0.3) is 0 Å². The number of carbonyl (C=O) groups excluding carboxylic acids is 2. The maximum absolute atomic E-state index is 13.6. The monoisotopic (exact) mass is 480 g/mol. The van der Waals surface area contributed by atoms with Gasteiger partial charge in [0.1, 0.15) is 11.0 Å². The van der Waals surface area contributed by atoms with Crippen molar-refractivity contribution in [2.75, 3.05) is 12.0 Å². The molecule has 3 aromatic carbocycles. The van der Waals surface area contributed by atoms with E-state index in [1.54, 1.807) is 18.9 Å². The summed E-state index contributed by atoms with van der Waals surface area (Å²) in [4.78, 5) is 29.3. The molecule has 3 aromatic rings. The van der Waals surface area contributed by atoms with Gasteiger partial charge in [-0.15, -0.1) is 11.8 Å². The van der Waals surface area contributed by atoms with Crippen molar-refractivity contribution in [3.8, 4) is 5.75 Å². The molecule has 0 saturated carbocycles. The van der Waals surface area contributed by atoms with E-state index in [4.69, 9.17) is 16.3 Å². The van der Waals surface area contributed by atoms with Crippen LogP contribution in [0.3, 0.4) is 0 Å². The molecule has 7 heteroatoms. The second kappa shape index (κ2) is 10.3. The lowest BCUT2D eigenvalue weighted by Gasteiger charge is -2.36. The molecule has 1 heterocycles. The summed E-state index contributed by atoms with van der Waals surface area (Å²) in [6.45, 7) is 2.55. The van der Waals surface area contributed by atoms with Gasteiger partial charge >= 0.3 is 0 Å². The maximum atomic E-state index is 13.6. The number of ether oxygens (including phenoxy) is 1. The number of thioether (sulfide) groups is 1. The van der Waals surface area contributed by atoms with E-state index in [9.17, 15) is 9.59 Å². The van der Waals surface area contributed by atoms with Gasteiger partial charge in [-0.3, -0.25) is 9.59 Å². The van der Waals surface area contributed by atoms with Gasteiger partial charge < -0.3 is 15.0 Å². The molecule has 0 bridgehead atoms. The van der Waals surface area contributed by atoms with Crippen molar-refractivity contribution < 1.29 is 14.3 Å². The molecule has 2 amide bonds. The highest BCUT2D eigenvalue weighted by molar-refractivity contribution is 8.01. The zero-order chi connectivity index (χ0) is 23.4. The van der Waals surface area contributed by atoms with Gasteiger partial charge in [0.2, 0.25) is 11.8 Å². The van der Waals surface area contributed by atoms with Crippen molar-refractivity contribution in [2.45, 2.75) is 30.2 Å². The lowest BCUT2D eigenvalue weighted by Crippen LogP contribution is -2.47. The van der Waals surface area contributed by atoms with E-state index in [-0.39, 0.29) is 11.8 Å². The molecule has 33 heavy (non-hydrogen) atoms. The fourth-order valence-corrected chi connectivity index (χ4v) is 5.23. The Morgan fingerprint density at radius 3 is 2.52 bits per heavy atom. The Labute approximate surface area is 203 Å². The SMILES string of the molecule is COc1ccc(CNC(=O)[C@H](C)[C@H]2Sc3ccccc3N(Cc3ccccc3Cl)C2=O)cc1. The zero-order valence-electron chi connectivity index (χ0n) is 18.5. The number of fused-ring (bicyclic) bond motifs is 1. The van der Waals surface area contributed by atoms with E-state index in [1.165, 1.54) is 11.8 Å². The van der Waals surface area contributed by atoms with E-state index in [1.807, 2.05) is 72.8 Å². The van der Waals surface area contributed by atoms with Crippen LogP contribution in [0.5, 0.6) is 5.75 Å². The quantitative estimate of drug-likeness (QED) is 0.498. The van der Waals surface area contributed by atoms with Gasteiger partial charge in [-0.05, 0) is 41.5 Å². The molecule has 0 spiro atoms. The molecule has 0 aromatic heterocycles. The number of carbonyl (C=O) groups is 2. The Bertz CT molecular complexity index is 1150. The van der Waals surface area contributed by atoms with Crippen molar-refractivity contribution >= 4 is 40.9 Å². The van der Waals surface area contributed by atoms with Gasteiger partial charge in [0, 0.05) is 16.5 Å². The van der Waals surface area contributed by atoms with Gasteiger partial charge in [-0.1, -0.05) is 61.0 Å². The fourth-order valence-electron chi connectivity index (χ4n) is 3.75. The minimum atomic E-state index is -0.529. The number of halogens is 1. The van der Waals surface area contributed by atoms with Gasteiger partial charge in [0.05, 0.1) is 25.3 Å². The molecule has 1 aliphatic rings. The number of nitrogens with zero attached hydrogens (tertiary/aromatic N) is 1. The van der Waals surface area contributed by atoms with Gasteiger partial charge in [-0.2, -0.15) is 0 Å². The molecule has 1 N–H and O–H groups in total. The number of methoxy groups -OCH3 is 1. The normalized spacial score (nSPS) is 16.2. The van der Waals surface area contributed by atoms with Crippen LogP contribution in [0.4, 0.5) is 5.69 Å². The van der Waals surface area contributed by atoms with E-state index >= 15 is 0 Å². The van der Waals surface area contributed by atoms with E-state index in [2.05, 4.69) is 5.32 Å². The average Bonchev–Trinajstić information content (AvgIpc) is 2.85. The Hall–Kier alpha value is -2.96. The highest BCUT2D eigenvalue weighted by Crippen LogP contribution is 2.42. The Morgan fingerprint density at radius 1 is 1.09 bits per heavy atom. The summed E-state index contributed by atoms with van der Waals surface area (Å²) in [5.41, 5.74) is 2.67. The molecule has 0 unspecified atom stereocenters. The van der Waals surface area contributed by atoms with E-state index < -0.39 is 11.2 Å². The summed E-state index contributed by atoms with van der Waals surface area (Å²) >= 11 is 7.82. The first-order valence-corrected chi connectivity index (χ1v) is 11.9. The number of benzene rings is 3. The van der Waals surface area contributed by atoms with E-state index in [0.717, 1.165) is 27.5 Å². The zero-order valence-corrected chi connectivity index (χ0v) is 20.0. The molecular formula is C26H25ClN2O3S. The topological polar surface area (TPSA) is 58.6 Å². The molecule has 0 aliphatic carbocycles. The summed E-state index contributed by atoms with van der Waals surface area (Å²) in [7, 11) is 1.62. The summed E-state index contributed by atoms with van der Waals surface area (Å²) < 4.78 is 5.17. The highest BCUT2D eigenvalue weighted by atomic mass is 35.5. The number of hydrogen-bond donors (Lipinski definition) is 1. The van der Waals surface area contributed by atoms with Crippen LogP contribution >= 0.6 is 23.4 Å². The van der Waals surface area contributed by atoms with E-state index in [0.29, 0.717) is 18.1 Å². The number of para-hydroxylation sites is 1. The maximum Gasteiger partial charge on any atom is 0.241 e. The van der Waals surface area contributed by atoms with Crippen LogP contribution in [0.2, 0.25) is 5.02 Å². The van der Waals surface area contributed by atoms with Crippen molar-refractivity contribution in [1.82, 2.24) is 5.32 Å². The number of rotatable bonds is 7. The predicted molar refractivity (Wildman–Crippen MR) is 133 cm³/mol. The second-order valence-electron chi connectivity index (χ2n) is 7.88. The summed E-state index contributed by atoms with van der Waals surface area (Å²) in [5, 5.41) is 3.05. The molecule has 0 saturated heterocycles. The molecule has 1 aliphatic heterocycles. The van der Waals surface area contributed by atoms with Crippen molar-refractivity contribution in [1.29, 1.82) is 0 Å². The van der Waals surface area contributed by atoms with Crippen LogP contribution in [0.25, 0.3) is 0 Å². The lowest BCUT2D eigenvalue weighted by molar-refractivity contribution is -0.128. The summed E-state index contributed by atoms with van der Waals surface area (Å²) in [6.07, 6.45) is 0. The van der Waals surface area contributed by atoms with Crippen LogP contribution < -0.4 is 15.0 Å². The first kappa shape index (κ1) is 23.2. The van der Waals surface area contributed by atoms with Crippen LogP contribution in [0.1, 0.15) is 18.1 Å². The minimum Gasteiger partial charge on any atom is -0.497 e. The number of hydrogen-bond acceptors (Lipinski definition) is 4. The Balaban J connectivity index is 1.51. The molecule has 170 valence electrons. The van der Waals surface area contributed by atoms with Crippen molar-refractivity contribution in [3.63, 3.8) is 0 Å². The third-order valence-electron chi connectivity index (χ3n) is 5.70. The standard InChI is InChI=1S/C26H25ClN2O3S/c1-17(25(30)28-15-18-11-13-20(32-2)14-12-18)24-26(31)29(16-19-7-3-4-8-21(19)27)22-9-5-6-10-23(22)33-24/h3-14,17,24H,15-16H2,1-2H3,(H,28,30)/t17-,24-/m1/s1. The third kappa shape index (κ3) is 5.18. The number of nitrogens with one attached hydrogen (secondary N) is 1. The Morgan fingerprint density at radius 2 is 1.79 bits per heavy atom. The molecular weight excluding hydrogens is 456 g/mol. The van der Waals surface area contributed by atoms with Gasteiger partial charge in [0.15, 0.2) is 0 Å². The highest BCUT2D eigenvalue weighted by Gasteiger charge is 2.39. The van der Waals surface area contributed by atoms with Crippen LogP contribution in [-0.4, -0.2) is 24.2 Å². The summed E-state index contributed by atoms with van der Waals surface area (Å²) in [5.74, 6) is 0.00207. The molecule has 2 atom stereocenters. The Kier molecular flexibility index (Phi) is 7.26. The first-order valence-electron chi connectivity index (χ1n) is 10.7. The van der Waals surface area contributed by atoms with Crippen LogP contribution in [0, 0.1) is 5.92 Å². The van der Waals surface area contributed by atoms with Crippen molar-refractivity contribution in [3.05, 3.63) is 88.9 Å². The van der Waals surface area contributed by atoms with Crippen LogP contribution in [0.15, 0.2) is 77.7 Å². The predicted octanol–water partition coefficient (Wildman–Crippen LogP) is 5.31.